The summed E-state index contributed by atoms with van der Waals surface area (Å²) in [5.41, 5.74) is 1.43. The van der Waals surface area contributed by atoms with Crippen LogP contribution in [-0.2, 0) is 6.54 Å². The lowest BCUT2D eigenvalue weighted by Gasteiger charge is -2.40. The van der Waals surface area contributed by atoms with Gasteiger partial charge < -0.3 is 5.32 Å². The van der Waals surface area contributed by atoms with Crippen molar-refractivity contribution in [2.75, 3.05) is 20.1 Å². The van der Waals surface area contributed by atoms with Crippen LogP contribution in [0.2, 0.25) is 0 Å². The third-order valence-electron chi connectivity index (χ3n) is 3.46. The second-order valence-electron chi connectivity index (χ2n) is 4.97. The monoisotopic (exact) mass is 218 g/mol. The quantitative estimate of drug-likeness (QED) is 0.814. The minimum absolute atomic E-state index is 0.656. The van der Waals surface area contributed by atoms with Gasteiger partial charge in [0.2, 0.25) is 0 Å². The van der Waals surface area contributed by atoms with E-state index in [1.54, 1.807) is 0 Å². The molecule has 1 aromatic carbocycles. The molecule has 0 aliphatic carbocycles. The molecule has 0 spiro atoms. The maximum absolute atomic E-state index is 3.31. The molecule has 1 atom stereocenters. The van der Waals surface area contributed by atoms with E-state index < -0.39 is 0 Å². The molecule has 0 radical (unpaired) electrons. The molecule has 1 aromatic rings. The molecule has 0 saturated carbocycles. The van der Waals surface area contributed by atoms with Crippen LogP contribution in [0.15, 0.2) is 30.3 Å². The van der Waals surface area contributed by atoms with Gasteiger partial charge >= 0.3 is 0 Å². The molecule has 0 bridgehead atoms. The Morgan fingerprint density at radius 1 is 1.31 bits per heavy atom. The number of nitrogens with zero attached hydrogens (tertiary/aromatic N) is 1. The molecule has 0 aromatic heterocycles. The van der Waals surface area contributed by atoms with E-state index in [-0.39, 0.29) is 0 Å². The first-order valence-electron chi connectivity index (χ1n) is 6.21. The molecule has 1 unspecified atom stereocenters. The Morgan fingerprint density at radius 3 is 2.62 bits per heavy atom. The topological polar surface area (TPSA) is 15.3 Å². The van der Waals surface area contributed by atoms with Crippen LogP contribution < -0.4 is 5.32 Å². The molecule has 1 aliphatic heterocycles. The van der Waals surface area contributed by atoms with Crippen molar-refractivity contribution in [1.82, 2.24) is 10.2 Å². The number of hydrogen-bond acceptors (Lipinski definition) is 2. The summed E-state index contributed by atoms with van der Waals surface area (Å²) in [6.45, 7) is 5.91. The van der Waals surface area contributed by atoms with Gasteiger partial charge in [-0.25, -0.2) is 0 Å². The zero-order valence-corrected chi connectivity index (χ0v) is 10.3. The van der Waals surface area contributed by atoms with E-state index in [1.807, 2.05) is 7.05 Å². The Balaban J connectivity index is 1.69. The second kappa shape index (κ2) is 5.46. The fourth-order valence-electron chi connectivity index (χ4n) is 2.41. The molecule has 2 nitrogen and oxygen atoms in total. The third kappa shape index (κ3) is 3.06. The maximum atomic E-state index is 3.31. The van der Waals surface area contributed by atoms with Crippen molar-refractivity contribution < 1.29 is 0 Å². The number of rotatable bonds is 5. The van der Waals surface area contributed by atoms with Gasteiger partial charge in [-0.15, -0.1) is 0 Å². The number of benzene rings is 1. The highest BCUT2D eigenvalue weighted by Crippen LogP contribution is 2.22. The van der Waals surface area contributed by atoms with Crippen molar-refractivity contribution in [2.45, 2.75) is 25.9 Å². The van der Waals surface area contributed by atoms with Crippen LogP contribution in [0.5, 0.6) is 0 Å². The molecule has 16 heavy (non-hydrogen) atoms. The molecule has 2 rings (SSSR count). The first kappa shape index (κ1) is 11.6. The van der Waals surface area contributed by atoms with Crippen molar-refractivity contribution in [3.8, 4) is 0 Å². The lowest BCUT2D eigenvalue weighted by Crippen LogP contribution is -2.47. The minimum atomic E-state index is 0.656. The lowest BCUT2D eigenvalue weighted by molar-refractivity contribution is 0.0806. The molecule has 1 aliphatic rings. The number of nitrogens with one attached hydrogen (secondary N) is 1. The molecule has 1 fully saturated rings. The highest BCUT2D eigenvalue weighted by Gasteiger charge is 2.27. The molecule has 1 N–H and O–H groups in total. The summed E-state index contributed by atoms with van der Waals surface area (Å²) >= 11 is 0. The number of hydrogen-bond donors (Lipinski definition) is 1. The smallest absolute Gasteiger partial charge is 0.0233 e. The standard InChI is InChI=1S/C14H22N2/c1-12(15-2)8-14-10-16(11-14)9-13-6-4-3-5-7-13/h3-7,12,14-15H,8-11H2,1-2H3. The fraction of sp³-hybridized carbons (Fsp3) is 0.571. The van der Waals surface area contributed by atoms with Gasteiger partial charge in [-0.3, -0.25) is 4.90 Å². The van der Waals surface area contributed by atoms with Crippen LogP contribution in [0.3, 0.4) is 0 Å². The van der Waals surface area contributed by atoms with Crippen LogP contribution in [0, 0.1) is 5.92 Å². The van der Waals surface area contributed by atoms with Crippen LogP contribution >= 0.6 is 0 Å². The Morgan fingerprint density at radius 2 is 2.00 bits per heavy atom. The average Bonchev–Trinajstić information content (AvgIpc) is 2.27. The minimum Gasteiger partial charge on any atom is -0.317 e. The Bertz CT molecular complexity index is 304. The predicted molar refractivity (Wildman–Crippen MR) is 68.3 cm³/mol. The average molecular weight is 218 g/mol. The fourth-order valence-corrected chi connectivity index (χ4v) is 2.41. The normalized spacial score (nSPS) is 19.4. The van der Waals surface area contributed by atoms with E-state index in [1.165, 1.54) is 25.1 Å². The summed E-state index contributed by atoms with van der Waals surface area (Å²) in [6, 6.07) is 11.4. The van der Waals surface area contributed by atoms with E-state index >= 15 is 0 Å². The first-order chi connectivity index (χ1) is 7.78. The largest absolute Gasteiger partial charge is 0.317 e. The Kier molecular flexibility index (Phi) is 3.97. The van der Waals surface area contributed by atoms with Gasteiger partial charge in [-0.2, -0.15) is 0 Å². The van der Waals surface area contributed by atoms with Gasteiger partial charge in [0.05, 0.1) is 0 Å². The van der Waals surface area contributed by atoms with E-state index in [0.717, 1.165) is 12.5 Å². The summed E-state index contributed by atoms with van der Waals surface area (Å²) in [5.74, 6) is 0.895. The summed E-state index contributed by atoms with van der Waals surface area (Å²) in [7, 11) is 2.05. The lowest BCUT2D eigenvalue weighted by atomic mass is 9.92. The Hall–Kier alpha value is -0.860. The first-order valence-corrected chi connectivity index (χ1v) is 6.21. The molecule has 1 heterocycles. The van der Waals surface area contributed by atoms with Gasteiger partial charge in [0.15, 0.2) is 0 Å². The van der Waals surface area contributed by atoms with E-state index in [4.69, 9.17) is 0 Å². The second-order valence-corrected chi connectivity index (χ2v) is 4.97. The SMILES string of the molecule is CNC(C)CC1CN(Cc2ccccc2)C1. The molecular weight excluding hydrogens is 196 g/mol. The van der Waals surface area contributed by atoms with E-state index in [0.29, 0.717) is 6.04 Å². The van der Waals surface area contributed by atoms with Gasteiger partial charge in [0, 0.05) is 25.7 Å². The zero-order valence-electron chi connectivity index (χ0n) is 10.3. The molecule has 0 amide bonds. The summed E-state index contributed by atoms with van der Waals surface area (Å²) in [4.78, 5) is 2.53. The van der Waals surface area contributed by atoms with Crippen molar-refractivity contribution in [3.05, 3.63) is 35.9 Å². The molecule has 88 valence electrons. The highest BCUT2D eigenvalue weighted by atomic mass is 15.2. The van der Waals surface area contributed by atoms with Crippen LogP contribution in [0.1, 0.15) is 18.9 Å². The van der Waals surface area contributed by atoms with Crippen molar-refractivity contribution in [3.63, 3.8) is 0 Å². The van der Waals surface area contributed by atoms with Crippen molar-refractivity contribution in [1.29, 1.82) is 0 Å². The van der Waals surface area contributed by atoms with Gasteiger partial charge in [-0.1, -0.05) is 30.3 Å². The maximum Gasteiger partial charge on any atom is 0.0233 e. The number of likely N-dealkylation sites (tertiary alicyclic amines) is 1. The van der Waals surface area contributed by atoms with Gasteiger partial charge in [0.1, 0.15) is 0 Å². The molecular formula is C14H22N2. The van der Waals surface area contributed by atoms with Crippen molar-refractivity contribution >= 4 is 0 Å². The summed E-state index contributed by atoms with van der Waals surface area (Å²) in [5, 5.41) is 3.31. The van der Waals surface area contributed by atoms with E-state index in [2.05, 4.69) is 47.5 Å². The van der Waals surface area contributed by atoms with Crippen LogP contribution in [0.4, 0.5) is 0 Å². The Labute approximate surface area is 98.7 Å². The summed E-state index contributed by atoms with van der Waals surface area (Å²) < 4.78 is 0. The van der Waals surface area contributed by atoms with Crippen molar-refractivity contribution in [2.24, 2.45) is 5.92 Å². The van der Waals surface area contributed by atoms with Crippen LogP contribution in [-0.4, -0.2) is 31.1 Å². The summed E-state index contributed by atoms with van der Waals surface area (Å²) in [6.07, 6.45) is 1.31. The molecule has 2 heteroatoms. The van der Waals surface area contributed by atoms with Gasteiger partial charge in [-0.05, 0) is 31.9 Å². The predicted octanol–water partition coefficient (Wildman–Crippen LogP) is 2.12. The van der Waals surface area contributed by atoms with Crippen LogP contribution in [0.25, 0.3) is 0 Å². The van der Waals surface area contributed by atoms with Gasteiger partial charge in [0.25, 0.3) is 0 Å². The molecule has 1 saturated heterocycles. The zero-order chi connectivity index (χ0) is 11.4. The highest BCUT2D eigenvalue weighted by molar-refractivity contribution is 5.14. The van der Waals surface area contributed by atoms with E-state index in [9.17, 15) is 0 Å². The third-order valence-corrected chi connectivity index (χ3v) is 3.46.